The number of carbonyl (C=O) groups excluding carboxylic acids is 2. The SMILES string of the molecule is CCC(=O)OCC=C(C)CCC=C(C)C=O. The average Bonchev–Trinajstić information content (AvgIpc) is 2.28. The minimum absolute atomic E-state index is 0.180. The molecular weight excluding hydrogens is 204 g/mol. The summed E-state index contributed by atoms with van der Waals surface area (Å²) in [5.74, 6) is -0.180. The first-order chi connectivity index (χ1) is 7.60. The van der Waals surface area contributed by atoms with E-state index >= 15 is 0 Å². The van der Waals surface area contributed by atoms with Crippen molar-refractivity contribution in [3.63, 3.8) is 0 Å². The molecule has 0 bridgehead atoms. The zero-order chi connectivity index (χ0) is 12.4. The monoisotopic (exact) mass is 224 g/mol. The van der Waals surface area contributed by atoms with Crippen molar-refractivity contribution < 1.29 is 14.3 Å². The van der Waals surface area contributed by atoms with Crippen LogP contribution in [-0.4, -0.2) is 18.9 Å². The Kier molecular flexibility index (Phi) is 8.12. The molecule has 0 saturated heterocycles. The van der Waals surface area contributed by atoms with Crippen LogP contribution in [0, 0.1) is 0 Å². The Hall–Kier alpha value is -1.38. The van der Waals surface area contributed by atoms with Crippen LogP contribution >= 0.6 is 0 Å². The fourth-order valence-corrected chi connectivity index (χ4v) is 1.06. The highest BCUT2D eigenvalue weighted by Gasteiger charge is 1.95. The van der Waals surface area contributed by atoms with Crippen LogP contribution in [0.2, 0.25) is 0 Å². The summed E-state index contributed by atoms with van der Waals surface area (Å²) in [6, 6.07) is 0. The standard InChI is InChI=1S/C13H20O3/c1-4-13(15)16-9-8-11(2)6-5-7-12(3)10-14/h7-8,10H,4-6,9H2,1-3H3. The second-order valence-electron chi connectivity index (χ2n) is 3.69. The quantitative estimate of drug-likeness (QED) is 0.289. The Balaban J connectivity index is 3.79. The zero-order valence-electron chi connectivity index (χ0n) is 10.3. The van der Waals surface area contributed by atoms with Gasteiger partial charge in [-0.25, -0.2) is 0 Å². The molecule has 0 aliphatic heterocycles. The molecule has 0 aromatic heterocycles. The summed E-state index contributed by atoms with van der Waals surface area (Å²) in [4.78, 5) is 21.2. The highest BCUT2D eigenvalue weighted by Crippen LogP contribution is 2.06. The van der Waals surface area contributed by atoms with Gasteiger partial charge in [-0.3, -0.25) is 9.59 Å². The van der Waals surface area contributed by atoms with E-state index in [4.69, 9.17) is 4.74 Å². The lowest BCUT2D eigenvalue weighted by atomic mass is 10.1. The molecule has 0 amide bonds. The number of esters is 1. The summed E-state index contributed by atoms with van der Waals surface area (Å²) >= 11 is 0. The van der Waals surface area contributed by atoms with E-state index in [0.29, 0.717) is 13.0 Å². The molecule has 3 heteroatoms. The summed E-state index contributed by atoms with van der Waals surface area (Å²) in [6.45, 7) is 5.89. The van der Waals surface area contributed by atoms with E-state index in [2.05, 4.69) is 0 Å². The van der Waals surface area contributed by atoms with Gasteiger partial charge in [0.2, 0.25) is 0 Å². The van der Waals surface area contributed by atoms with Crippen molar-refractivity contribution in [2.75, 3.05) is 6.61 Å². The molecule has 0 aromatic rings. The van der Waals surface area contributed by atoms with Gasteiger partial charge in [-0.15, -0.1) is 0 Å². The van der Waals surface area contributed by atoms with Crippen molar-refractivity contribution in [3.8, 4) is 0 Å². The van der Waals surface area contributed by atoms with Gasteiger partial charge in [0.05, 0.1) is 0 Å². The van der Waals surface area contributed by atoms with E-state index in [-0.39, 0.29) is 5.97 Å². The number of carbonyl (C=O) groups is 2. The molecule has 90 valence electrons. The summed E-state index contributed by atoms with van der Waals surface area (Å²) in [5.41, 5.74) is 1.92. The second-order valence-corrected chi connectivity index (χ2v) is 3.69. The van der Waals surface area contributed by atoms with E-state index in [1.165, 1.54) is 5.57 Å². The Morgan fingerprint density at radius 1 is 1.25 bits per heavy atom. The van der Waals surface area contributed by atoms with Crippen molar-refractivity contribution in [1.29, 1.82) is 0 Å². The van der Waals surface area contributed by atoms with Gasteiger partial charge in [0.1, 0.15) is 12.9 Å². The molecule has 0 unspecified atom stereocenters. The van der Waals surface area contributed by atoms with Gasteiger partial charge in [0, 0.05) is 6.42 Å². The first-order valence-electron chi connectivity index (χ1n) is 5.53. The van der Waals surface area contributed by atoms with Crippen LogP contribution in [-0.2, 0) is 14.3 Å². The van der Waals surface area contributed by atoms with Crippen LogP contribution < -0.4 is 0 Å². The molecule has 0 spiro atoms. The highest BCUT2D eigenvalue weighted by atomic mass is 16.5. The molecule has 16 heavy (non-hydrogen) atoms. The number of hydrogen-bond acceptors (Lipinski definition) is 3. The molecule has 0 aliphatic rings. The van der Waals surface area contributed by atoms with Gasteiger partial charge in [-0.05, 0) is 38.3 Å². The molecular formula is C13H20O3. The largest absolute Gasteiger partial charge is 0.461 e. The summed E-state index contributed by atoms with van der Waals surface area (Å²) < 4.78 is 4.92. The molecule has 0 radical (unpaired) electrons. The normalized spacial score (nSPS) is 12.4. The van der Waals surface area contributed by atoms with E-state index in [9.17, 15) is 9.59 Å². The zero-order valence-corrected chi connectivity index (χ0v) is 10.3. The molecule has 0 fully saturated rings. The van der Waals surface area contributed by atoms with Crippen molar-refractivity contribution in [3.05, 3.63) is 23.3 Å². The maximum absolute atomic E-state index is 10.8. The molecule has 0 atom stereocenters. The van der Waals surface area contributed by atoms with Crippen molar-refractivity contribution in [2.45, 2.75) is 40.0 Å². The third-order valence-electron chi connectivity index (χ3n) is 2.16. The molecule has 0 heterocycles. The Morgan fingerprint density at radius 3 is 2.50 bits per heavy atom. The lowest BCUT2D eigenvalue weighted by Gasteiger charge is -2.01. The lowest BCUT2D eigenvalue weighted by molar-refractivity contribution is -0.142. The third-order valence-corrected chi connectivity index (χ3v) is 2.16. The molecule has 0 aromatic carbocycles. The van der Waals surface area contributed by atoms with E-state index < -0.39 is 0 Å². The van der Waals surface area contributed by atoms with Gasteiger partial charge in [0.25, 0.3) is 0 Å². The third kappa shape index (κ3) is 7.97. The fraction of sp³-hybridized carbons (Fsp3) is 0.538. The minimum Gasteiger partial charge on any atom is -0.461 e. The van der Waals surface area contributed by atoms with E-state index in [1.807, 2.05) is 19.1 Å². The Morgan fingerprint density at radius 2 is 1.94 bits per heavy atom. The maximum Gasteiger partial charge on any atom is 0.305 e. The van der Waals surface area contributed by atoms with Crippen LogP contribution in [0.15, 0.2) is 23.3 Å². The van der Waals surface area contributed by atoms with Crippen molar-refractivity contribution in [1.82, 2.24) is 0 Å². The second kappa shape index (κ2) is 8.89. The van der Waals surface area contributed by atoms with Crippen molar-refractivity contribution in [2.24, 2.45) is 0 Å². The smallest absolute Gasteiger partial charge is 0.305 e. The Labute approximate surface area is 97.2 Å². The molecule has 0 rings (SSSR count). The number of ether oxygens (including phenoxy) is 1. The predicted octanol–water partition coefficient (Wildman–Crippen LogP) is 2.81. The van der Waals surface area contributed by atoms with Crippen LogP contribution in [0.25, 0.3) is 0 Å². The molecule has 3 nitrogen and oxygen atoms in total. The lowest BCUT2D eigenvalue weighted by Crippen LogP contribution is -2.02. The predicted molar refractivity (Wildman–Crippen MR) is 64.1 cm³/mol. The summed E-state index contributed by atoms with van der Waals surface area (Å²) in [7, 11) is 0. The van der Waals surface area contributed by atoms with Gasteiger partial charge in [0.15, 0.2) is 0 Å². The van der Waals surface area contributed by atoms with E-state index in [0.717, 1.165) is 24.7 Å². The molecule has 0 aliphatic carbocycles. The van der Waals surface area contributed by atoms with Crippen molar-refractivity contribution >= 4 is 12.3 Å². The van der Waals surface area contributed by atoms with Crippen LogP contribution in [0.3, 0.4) is 0 Å². The summed E-state index contributed by atoms with van der Waals surface area (Å²) in [5, 5.41) is 0. The number of rotatable bonds is 7. The minimum atomic E-state index is -0.180. The highest BCUT2D eigenvalue weighted by molar-refractivity contribution is 5.71. The van der Waals surface area contributed by atoms with Crippen LogP contribution in [0.5, 0.6) is 0 Å². The van der Waals surface area contributed by atoms with Gasteiger partial charge < -0.3 is 4.74 Å². The number of hydrogen-bond donors (Lipinski definition) is 0. The molecule has 0 N–H and O–H groups in total. The summed E-state index contributed by atoms with van der Waals surface area (Å²) in [6.07, 6.45) is 6.79. The topological polar surface area (TPSA) is 43.4 Å². The molecule has 0 saturated carbocycles. The van der Waals surface area contributed by atoms with Gasteiger partial charge >= 0.3 is 5.97 Å². The first-order valence-corrected chi connectivity index (χ1v) is 5.53. The number of allylic oxidation sites excluding steroid dienone is 3. The fourth-order valence-electron chi connectivity index (χ4n) is 1.06. The van der Waals surface area contributed by atoms with Gasteiger partial charge in [-0.2, -0.15) is 0 Å². The maximum atomic E-state index is 10.8. The van der Waals surface area contributed by atoms with Gasteiger partial charge in [-0.1, -0.05) is 18.6 Å². The van der Waals surface area contributed by atoms with Crippen LogP contribution in [0.1, 0.15) is 40.0 Å². The average molecular weight is 224 g/mol. The van der Waals surface area contributed by atoms with E-state index in [1.54, 1.807) is 13.8 Å². The number of aldehydes is 1. The first kappa shape index (κ1) is 14.6. The Bertz CT molecular complexity index is 288. The van der Waals surface area contributed by atoms with Crippen LogP contribution in [0.4, 0.5) is 0 Å².